The summed E-state index contributed by atoms with van der Waals surface area (Å²) < 4.78 is 5.15. The molecule has 0 aliphatic heterocycles. The zero-order chi connectivity index (χ0) is 20.6. The van der Waals surface area contributed by atoms with E-state index in [-0.39, 0.29) is 0 Å². The van der Waals surface area contributed by atoms with Crippen LogP contribution in [-0.4, -0.2) is 23.3 Å². The highest BCUT2D eigenvalue weighted by molar-refractivity contribution is 7.80. The minimum atomic E-state index is -1.00. The Labute approximate surface area is 174 Å². The van der Waals surface area contributed by atoms with Crippen molar-refractivity contribution in [2.75, 3.05) is 17.7 Å². The van der Waals surface area contributed by atoms with Crippen molar-refractivity contribution in [2.45, 2.75) is 0 Å². The van der Waals surface area contributed by atoms with Crippen LogP contribution in [0.15, 0.2) is 84.9 Å². The third kappa shape index (κ3) is 5.67. The minimum absolute atomic E-state index is 0.427. The molecule has 3 aromatic rings. The summed E-state index contributed by atoms with van der Waals surface area (Å²) >= 11 is 5.39. The first-order chi connectivity index (χ1) is 14.0. The maximum Gasteiger partial charge on any atom is 0.328 e. The van der Waals surface area contributed by atoms with Crippen molar-refractivity contribution in [1.29, 1.82) is 0 Å². The number of thiocarbonyl (C=S) groups is 1. The Kier molecular flexibility index (Phi) is 6.60. The van der Waals surface area contributed by atoms with Gasteiger partial charge in [-0.15, -0.1) is 0 Å². The average Bonchev–Trinajstić information content (AvgIpc) is 2.73. The van der Waals surface area contributed by atoms with Gasteiger partial charge in [-0.25, -0.2) is 4.79 Å². The quantitative estimate of drug-likeness (QED) is 0.396. The van der Waals surface area contributed by atoms with Gasteiger partial charge in [-0.1, -0.05) is 42.5 Å². The molecule has 3 aromatic carbocycles. The fourth-order valence-electron chi connectivity index (χ4n) is 2.81. The standard InChI is InChI=1S/C23H20N2O3S/c1-28-20-12-10-18(11-13-20)24-23(29)25-19-9-5-8-17(14-19)21(15-22(26)27)16-6-3-2-4-7-16/h2-15H,1H3,(H,26,27)(H2,24,25,29). The largest absolute Gasteiger partial charge is 0.497 e. The van der Waals surface area contributed by atoms with Crippen LogP contribution < -0.4 is 15.4 Å². The molecule has 0 fully saturated rings. The zero-order valence-corrected chi connectivity index (χ0v) is 16.6. The van der Waals surface area contributed by atoms with Crippen molar-refractivity contribution in [3.8, 4) is 5.75 Å². The van der Waals surface area contributed by atoms with E-state index < -0.39 is 5.97 Å². The van der Waals surface area contributed by atoms with Gasteiger partial charge in [-0.05, 0) is 65.3 Å². The molecule has 0 saturated heterocycles. The summed E-state index contributed by atoms with van der Waals surface area (Å²) in [4.78, 5) is 11.3. The lowest BCUT2D eigenvalue weighted by atomic mass is 9.97. The lowest BCUT2D eigenvalue weighted by Crippen LogP contribution is -2.19. The molecule has 5 nitrogen and oxygen atoms in total. The van der Waals surface area contributed by atoms with Gasteiger partial charge in [0.15, 0.2) is 5.11 Å². The molecule has 0 atom stereocenters. The first-order valence-corrected chi connectivity index (χ1v) is 9.28. The van der Waals surface area contributed by atoms with E-state index in [1.54, 1.807) is 7.11 Å². The highest BCUT2D eigenvalue weighted by atomic mass is 32.1. The molecule has 0 unspecified atom stereocenters. The normalized spacial score (nSPS) is 10.9. The molecule has 6 heteroatoms. The Bertz CT molecular complexity index is 1030. The second kappa shape index (κ2) is 9.52. The molecule has 0 aliphatic carbocycles. The summed E-state index contributed by atoms with van der Waals surface area (Å²) in [6.07, 6.45) is 1.21. The van der Waals surface area contributed by atoms with E-state index in [0.29, 0.717) is 10.7 Å². The van der Waals surface area contributed by atoms with Crippen LogP contribution in [-0.2, 0) is 4.79 Å². The number of carboxylic acids is 1. The first-order valence-electron chi connectivity index (χ1n) is 8.87. The van der Waals surface area contributed by atoms with Gasteiger partial charge in [0.25, 0.3) is 0 Å². The van der Waals surface area contributed by atoms with Crippen molar-refractivity contribution >= 4 is 40.2 Å². The number of ether oxygens (including phenoxy) is 1. The van der Waals surface area contributed by atoms with Crippen LogP contribution in [0.25, 0.3) is 5.57 Å². The van der Waals surface area contributed by atoms with E-state index in [0.717, 1.165) is 28.3 Å². The molecule has 0 amide bonds. The van der Waals surface area contributed by atoms with Crippen molar-refractivity contribution < 1.29 is 14.6 Å². The SMILES string of the molecule is COc1ccc(NC(=S)Nc2cccc(C(=CC(=O)O)c3ccccc3)c2)cc1. The molecule has 0 spiro atoms. The van der Waals surface area contributed by atoms with Crippen LogP contribution >= 0.6 is 12.2 Å². The van der Waals surface area contributed by atoms with Gasteiger partial charge in [0.05, 0.1) is 7.11 Å². The van der Waals surface area contributed by atoms with Crippen molar-refractivity contribution in [3.05, 3.63) is 96.1 Å². The van der Waals surface area contributed by atoms with E-state index in [1.807, 2.05) is 78.9 Å². The molecule has 3 rings (SSSR count). The molecular weight excluding hydrogens is 384 g/mol. The lowest BCUT2D eigenvalue weighted by molar-refractivity contribution is -0.131. The summed E-state index contributed by atoms with van der Waals surface area (Å²) in [5.74, 6) is -0.236. The molecule has 146 valence electrons. The number of hydrogen-bond donors (Lipinski definition) is 3. The fraction of sp³-hybridized carbons (Fsp3) is 0.0435. The van der Waals surface area contributed by atoms with Gasteiger partial charge >= 0.3 is 5.97 Å². The average molecular weight is 404 g/mol. The summed E-state index contributed by atoms with van der Waals surface area (Å²) in [5.41, 5.74) is 3.80. The Morgan fingerprint density at radius 3 is 2.21 bits per heavy atom. The fourth-order valence-corrected chi connectivity index (χ4v) is 3.04. The molecule has 29 heavy (non-hydrogen) atoms. The second-order valence-corrected chi connectivity index (χ2v) is 6.56. The summed E-state index contributed by atoms with van der Waals surface area (Å²) in [5, 5.41) is 16.0. The number of benzene rings is 3. The highest BCUT2D eigenvalue weighted by Crippen LogP contribution is 2.26. The van der Waals surface area contributed by atoms with Crippen LogP contribution in [0.3, 0.4) is 0 Å². The van der Waals surface area contributed by atoms with Gasteiger partial charge in [-0.2, -0.15) is 0 Å². The van der Waals surface area contributed by atoms with Gasteiger partial charge in [-0.3, -0.25) is 0 Å². The molecule has 0 heterocycles. The predicted octanol–water partition coefficient (Wildman–Crippen LogP) is 5.02. The van der Waals surface area contributed by atoms with E-state index in [4.69, 9.17) is 17.0 Å². The maximum absolute atomic E-state index is 11.3. The predicted molar refractivity (Wildman–Crippen MR) is 120 cm³/mol. The summed E-state index contributed by atoms with van der Waals surface area (Å²) in [7, 11) is 1.62. The number of methoxy groups -OCH3 is 1. The van der Waals surface area contributed by atoms with Gasteiger partial charge in [0.2, 0.25) is 0 Å². The molecule has 0 aromatic heterocycles. The monoisotopic (exact) mass is 404 g/mol. The van der Waals surface area contributed by atoms with Crippen LogP contribution in [0, 0.1) is 0 Å². The van der Waals surface area contributed by atoms with E-state index in [9.17, 15) is 9.90 Å². The van der Waals surface area contributed by atoms with Crippen LogP contribution in [0.5, 0.6) is 5.75 Å². The molecule has 3 N–H and O–H groups in total. The minimum Gasteiger partial charge on any atom is -0.497 e. The molecule has 0 aliphatic rings. The van der Waals surface area contributed by atoms with Crippen LogP contribution in [0.2, 0.25) is 0 Å². The Hall–Kier alpha value is -3.64. The Morgan fingerprint density at radius 2 is 1.55 bits per heavy atom. The van der Waals surface area contributed by atoms with E-state index >= 15 is 0 Å². The van der Waals surface area contributed by atoms with E-state index in [1.165, 1.54) is 6.08 Å². The number of anilines is 2. The highest BCUT2D eigenvalue weighted by Gasteiger charge is 2.09. The third-order valence-corrected chi connectivity index (χ3v) is 4.34. The number of nitrogens with one attached hydrogen (secondary N) is 2. The van der Waals surface area contributed by atoms with Gasteiger partial charge in [0.1, 0.15) is 5.75 Å². The van der Waals surface area contributed by atoms with Crippen molar-refractivity contribution in [1.82, 2.24) is 0 Å². The van der Waals surface area contributed by atoms with Crippen molar-refractivity contribution in [3.63, 3.8) is 0 Å². The Morgan fingerprint density at radius 1 is 0.897 bits per heavy atom. The zero-order valence-electron chi connectivity index (χ0n) is 15.8. The molecule has 0 saturated carbocycles. The number of carbonyl (C=O) groups is 1. The number of aliphatic carboxylic acids is 1. The third-order valence-electron chi connectivity index (χ3n) is 4.13. The maximum atomic E-state index is 11.3. The van der Waals surface area contributed by atoms with Gasteiger partial charge < -0.3 is 20.5 Å². The Balaban J connectivity index is 1.78. The smallest absolute Gasteiger partial charge is 0.328 e. The summed E-state index contributed by atoms with van der Waals surface area (Å²) in [6, 6.07) is 24.3. The number of hydrogen-bond acceptors (Lipinski definition) is 3. The lowest BCUT2D eigenvalue weighted by Gasteiger charge is -2.13. The number of carboxylic acid groups (broad SMARTS) is 1. The first kappa shape index (κ1) is 20.1. The topological polar surface area (TPSA) is 70.6 Å². The molecule has 0 bridgehead atoms. The summed E-state index contributed by atoms with van der Waals surface area (Å²) in [6.45, 7) is 0. The van der Waals surface area contributed by atoms with Crippen LogP contribution in [0.1, 0.15) is 11.1 Å². The van der Waals surface area contributed by atoms with Crippen LogP contribution in [0.4, 0.5) is 11.4 Å². The van der Waals surface area contributed by atoms with E-state index in [2.05, 4.69) is 10.6 Å². The second-order valence-electron chi connectivity index (χ2n) is 6.15. The molecular formula is C23H20N2O3S. The number of rotatable bonds is 6. The molecule has 0 radical (unpaired) electrons. The van der Waals surface area contributed by atoms with Crippen molar-refractivity contribution in [2.24, 2.45) is 0 Å². The van der Waals surface area contributed by atoms with Gasteiger partial charge in [0, 0.05) is 17.5 Å².